The predicted molar refractivity (Wildman–Crippen MR) is 89.6 cm³/mol. The van der Waals surface area contributed by atoms with Gasteiger partial charge in [0.2, 0.25) is 0 Å². The molecular weight excluding hydrogens is 306 g/mol. The Balaban J connectivity index is 1.71. The van der Waals surface area contributed by atoms with Crippen LogP contribution >= 0.6 is 0 Å². The molecule has 0 aromatic carbocycles. The second kappa shape index (κ2) is 6.05. The zero-order chi connectivity index (χ0) is 17.5. The Hall–Kier alpha value is -2.15. The fourth-order valence-corrected chi connectivity index (χ4v) is 3.03. The number of nitrogens with one attached hydrogen (secondary N) is 1. The molecule has 0 saturated heterocycles. The van der Waals surface area contributed by atoms with E-state index >= 15 is 0 Å². The molecule has 2 aromatic heterocycles. The van der Waals surface area contributed by atoms with E-state index in [1.54, 1.807) is 13.8 Å². The minimum absolute atomic E-state index is 0.0594. The maximum atomic E-state index is 12.6. The zero-order valence-electron chi connectivity index (χ0n) is 14.7. The Kier molecular flexibility index (Phi) is 4.21. The van der Waals surface area contributed by atoms with Crippen molar-refractivity contribution in [3.8, 4) is 0 Å². The average Bonchev–Trinajstić information content (AvgIpc) is 3.13. The van der Waals surface area contributed by atoms with E-state index in [0.29, 0.717) is 17.3 Å². The number of aromatic nitrogens is 3. The van der Waals surface area contributed by atoms with Crippen LogP contribution in [0.4, 0.5) is 0 Å². The van der Waals surface area contributed by atoms with Crippen molar-refractivity contribution < 1.29 is 9.32 Å². The molecule has 0 fully saturated rings. The highest BCUT2D eigenvalue weighted by molar-refractivity contribution is 5.95. The first-order valence-corrected chi connectivity index (χ1v) is 8.37. The summed E-state index contributed by atoms with van der Waals surface area (Å²) in [5, 5.41) is 11.6. The third-order valence-corrected chi connectivity index (χ3v) is 4.39. The molecule has 1 atom stereocenters. The highest BCUT2D eigenvalue weighted by Crippen LogP contribution is 2.23. The summed E-state index contributed by atoms with van der Waals surface area (Å²) in [5.74, 6) is -0.193. The minimum Gasteiger partial charge on any atom is -0.364 e. The van der Waals surface area contributed by atoms with Crippen molar-refractivity contribution in [2.45, 2.75) is 64.6 Å². The van der Waals surface area contributed by atoms with Crippen molar-refractivity contribution in [2.75, 3.05) is 0 Å². The summed E-state index contributed by atoms with van der Waals surface area (Å²) in [6, 6.07) is 0.402. The monoisotopic (exact) mass is 331 g/mol. The molecule has 1 amide bonds. The number of carbonyl (C=O) groups is 1. The summed E-state index contributed by atoms with van der Waals surface area (Å²) >= 11 is 0. The van der Waals surface area contributed by atoms with Crippen LogP contribution in [-0.4, -0.2) is 26.9 Å². The predicted octanol–water partition coefficient (Wildman–Crippen LogP) is 1.93. The van der Waals surface area contributed by atoms with E-state index in [-0.39, 0.29) is 11.9 Å². The van der Waals surface area contributed by atoms with Crippen LogP contribution in [0.25, 0.3) is 0 Å². The van der Waals surface area contributed by atoms with E-state index in [2.05, 4.69) is 35.6 Å². The summed E-state index contributed by atoms with van der Waals surface area (Å²) in [7, 11) is 0. The summed E-state index contributed by atoms with van der Waals surface area (Å²) in [5.41, 5.74) is 8.56. The lowest BCUT2D eigenvalue weighted by Crippen LogP contribution is -2.40. The Morgan fingerprint density at radius 1 is 1.50 bits per heavy atom. The summed E-state index contributed by atoms with van der Waals surface area (Å²) in [6.07, 6.45) is 6.04. The van der Waals surface area contributed by atoms with Gasteiger partial charge >= 0.3 is 0 Å². The van der Waals surface area contributed by atoms with Crippen LogP contribution in [-0.2, 0) is 18.4 Å². The molecule has 1 aliphatic carbocycles. The molecule has 0 saturated carbocycles. The molecule has 3 N–H and O–H groups in total. The van der Waals surface area contributed by atoms with Gasteiger partial charge in [0.1, 0.15) is 17.5 Å². The molecule has 0 spiro atoms. The second-order valence-electron chi connectivity index (χ2n) is 7.39. The molecule has 7 nitrogen and oxygen atoms in total. The fourth-order valence-electron chi connectivity index (χ4n) is 3.03. The fraction of sp³-hybridized carbons (Fsp3) is 0.588. The molecule has 7 heteroatoms. The molecule has 0 aliphatic heterocycles. The van der Waals surface area contributed by atoms with E-state index < -0.39 is 5.54 Å². The summed E-state index contributed by atoms with van der Waals surface area (Å²) in [6.45, 7) is 7.82. The van der Waals surface area contributed by atoms with E-state index in [4.69, 9.17) is 10.3 Å². The van der Waals surface area contributed by atoms with Crippen LogP contribution in [0.15, 0.2) is 17.0 Å². The highest BCUT2D eigenvalue weighted by Gasteiger charge is 2.29. The van der Waals surface area contributed by atoms with Gasteiger partial charge in [-0.25, -0.2) is 0 Å². The lowest BCUT2D eigenvalue weighted by atomic mass is 9.93. The van der Waals surface area contributed by atoms with Crippen molar-refractivity contribution >= 4 is 5.91 Å². The molecule has 24 heavy (non-hydrogen) atoms. The zero-order valence-corrected chi connectivity index (χ0v) is 14.7. The van der Waals surface area contributed by atoms with Gasteiger partial charge in [0.15, 0.2) is 0 Å². The third kappa shape index (κ3) is 3.21. The first kappa shape index (κ1) is 16.7. The number of fused-ring (bicyclic) bond motifs is 1. The number of aryl methyl sites for hydroxylation is 1. The number of carbonyl (C=O) groups excluding carboxylic acids is 1. The van der Waals surface area contributed by atoms with Crippen molar-refractivity contribution in [2.24, 2.45) is 5.73 Å². The average molecular weight is 331 g/mol. The molecule has 2 aromatic rings. The van der Waals surface area contributed by atoms with Crippen LogP contribution in [0.3, 0.4) is 0 Å². The van der Waals surface area contributed by atoms with Gasteiger partial charge in [0.25, 0.3) is 5.91 Å². The Morgan fingerprint density at radius 3 is 2.92 bits per heavy atom. The molecule has 0 bridgehead atoms. The number of hydrogen-bond donors (Lipinski definition) is 2. The smallest absolute Gasteiger partial charge is 0.256 e. The third-order valence-electron chi connectivity index (χ3n) is 4.39. The largest absolute Gasteiger partial charge is 0.364 e. The molecule has 1 unspecified atom stereocenters. The quantitative estimate of drug-likeness (QED) is 0.892. The molecule has 2 heterocycles. The van der Waals surface area contributed by atoms with Crippen LogP contribution < -0.4 is 11.1 Å². The van der Waals surface area contributed by atoms with Crippen LogP contribution in [0.2, 0.25) is 0 Å². The van der Waals surface area contributed by atoms with E-state index in [1.165, 1.54) is 11.8 Å². The standard InChI is InChI=1S/C17H25N5O2/c1-10(2)22-8-11-5-6-12(7-14(11)20-22)19-16(23)13-9-24-21-15(13)17(3,4)18/h8-10,12H,5-7,18H2,1-4H3,(H,19,23). The maximum absolute atomic E-state index is 12.6. The van der Waals surface area contributed by atoms with Gasteiger partial charge in [-0.05, 0) is 46.1 Å². The van der Waals surface area contributed by atoms with Crippen molar-refractivity contribution in [1.29, 1.82) is 0 Å². The van der Waals surface area contributed by atoms with Gasteiger partial charge in [0.05, 0.1) is 11.2 Å². The first-order valence-electron chi connectivity index (χ1n) is 8.37. The molecule has 3 rings (SSSR count). The van der Waals surface area contributed by atoms with Crippen molar-refractivity contribution in [3.05, 3.63) is 35.0 Å². The van der Waals surface area contributed by atoms with Crippen LogP contribution in [0, 0.1) is 0 Å². The number of amides is 1. The van der Waals surface area contributed by atoms with Gasteiger partial charge in [-0.2, -0.15) is 5.10 Å². The van der Waals surface area contributed by atoms with Crippen molar-refractivity contribution in [3.63, 3.8) is 0 Å². The Morgan fingerprint density at radius 2 is 2.25 bits per heavy atom. The number of hydrogen-bond acceptors (Lipinski definition) is 5. The Labute approximate surface area is 141 Å². The lowest BCUT2D eigenvalue weighted by Gasteiger charge is -2.23. The topological polar surface area (TPSA) is 99.0 Å². The molecule has 1 aliphatic rings. The number of nitrogens with two attached hydrogens (primary N) is 1. The number of rotatable bonds is 4. The normalized spacial score (nSPS) is 17.8. The Bertz CT molecular complexity index is 738. The van der Waals surface area contributed by atoms with E-state index in [1.807, 2.05) is 4.68 Å². The van der Waals surface area contributed by atoms with Gasteiger partial charge in [-0.15, -0.1) is 0 Å². The lowest BCUT2D eigenvalue weighted by molar-refractivity contribution is 0.0930. The SMILES string of the molecule is CC(C)n1cc2c(n1)CC(NC(=O)c1conc1C(C)(C)N)CC2. The van der Waals surface area contributed by atoms with Gasteiger partial charge in [-0.1, -0.05) is 5.16 Å². The summed E-state index contributed by atoms with van der Waals surface area (Å²) < 4.78 is 6.95. The van der Waals surface area contributed by atoms with E-state index in [9.17, 15) is 4.79 Å². The van der Waals surface area contributed by atoms with Gasteiger partial charge in [-0.3, -0.25) is 9.48 Å². The number of nitrogens with zero attached hydrogens (tertiary/aromatic N) is 3. The molecule has 0 radical (unpaired) electrons. The molecular formula is C17H25N5O2. The second-order valence-corrected chi connectivity index (χ2v) is 7.39. The minimum atomic E-state index is -0.727. The van der Waals surface area contributed by atoms with Crippen molar-refractivity contribution in [1.82, 2.24) is 20.3 Å². The summed E-state index contributed by atoms with van der Waals surface area (Å²) in [4.78, 5) is 12.6. The van der Waals surface area contributed by atoms with Crippen LogP contribution in [0.5, 0.6) is 0 Å². The molecule has 130 valence electrons. The van der Waals surface area contributed by atoms with Crippen LogP contribution in [0.1, 0.15) is 67.5 Å². The van der Waals surface area contributed by atoms with Gasteiger partial charge < -0.3 is 15.6 Å². The van der Waals surface area contributed by atoms with E-state index in [0.717, 1.165) is 25.0 Å². The highest BCUT2D eigenvalue weighted by atomic mass is 16.5. The van der Waals surface area contributed by atoms with Gasteiger partial charge in [0, 0.05) is 24.7 Å². The first-order chi connectivity index (χ1) is 11.3. The maximum Gasteiger partial charge on any atom is 0.256 e.